The summed E-state index contributed by atoms with van der Waals surface area (Å²) in [6, 6.07) is 4.94. The normalized spacial score (nSPS) is 14.8. The number of likely N-dealkylation sites (tertiary alicyclic amines) is 1. The van der Waals surface area contributed by atoms with E-state index in [2.05, 4.69) is 4.99 Å². The molecule has 32 heavy (non-hydrogen) atoms. The van der Waals surface area contributed by atoms with Gasteiger partial charge in [-0.15, -0.1) is 0 Å². The highest BCUT2D eigenvalue weighted by Gasteiger charge is 2.26. The Hall–Kier alpha value is -2.57. The Morgan fingerprint density at radius 3 is 2.50 bits per heavy atom. The van der Waals surface area contributed by atoms with Crippen LogP contribution in [-0.4, -0.2) is 81.1 Å². The predicted octanol–water partition coefficient (Wildman–Crippen LogP) is 0.600. The van der Waals surface area contributed by atoms with E-state index in [9.17, 15) is 22.8 Å². The molecule has 0 bridgehead atoms. The first kappa shape index (κ1) is 24.1. The van der Waals surface area contributed by atoms with Gasteiger partial charge in [0, 0.05) is 26.7 Å². The quantitative estimate of drug-likeness (QED) is 0.504. The van der Waals surface area contributed by atoms with E-state index in [0.717, 1.165) is 29.7 Å². The Balaban J connectivity index is 1.86. The van der Waals surface area contributed by atoms with Gasteiger partial charge in [0.25, 0.3) is 5.91 Å². The van der Waals surface area contributed by atoms with E-state index < -0.39 is 39.1 Å². The number of aromatic nitrogens is 1. The van der Waals surface area contributed by atoms with Gasteiger partial charge in [0.1, 0.15) is 11.5 Å². The number of fused-ring (bicyclic) bond motifs is 1. The molecule has 174 valence electrons. The lowest BCUT2D eigenvalue weighted by Crippen LogP contribution is -2.35. The lowest BCUT2D eigenvalue weighted by molar-refractivity contribution is -0.127. The Labute approximate surface area is 189 Å². The Morgan fingerprint density at radius 2 is 1.84 bits per heavy atom. The molecule has 0 spiro atoms. The molecule has 2 aromatic rings. The van der Waals surface area contributed by atoms with Crippen LogP contribution in [0.25, 0.3) is 10.2 Å². The summed E-state index contributed by atoms with van der Waals surface area (Å²) >= 11 is 1.15. The van der Waals surface area contributed by atoms with Crippen molar-refractivity contribution < 1.29 is 32.3 Å². The van der Waals surface area contributed by atoms with Crippen molar-refractivity contribution in [3.05, 3.63) is 28.6 Å². The zero-order valence-corrected chi connectivity index (χ0v) is 19.5. The van der Waals surface area contributed by atoms with Gasteiger partial charge < -0.3 is 18.9 Å². The van der Waals surface area contributed by atoms with Gasteiger partial charge in [0.15, 0.2) is 14.6 Å². The number of methoxy groups -OCH3 is 2. The summed E-state index contributed by atoms with van der Waals surface area (Å²) in [5.74, 6) is -3.38. The van der Waals surface area contributed by atoms with Crippen molar-refractivity contribution in [2.75, 3.05) is 45.4 Å². The average molecular weight is 484 g/mol. The summed E-state index contributed by atoms with van der Waals surface area (Å²) in [6.45, 7) is 1.80. The van der Waals surface area contributed by atoms with E-state index >= 15 is 0 Å². The van der Waals surface area contributed by atoms with Crippen molar-refractivity contribution in [1.82, 2.24) is 9.47 Å². The largest absolute Gasteiger partial charge is 0.465 e. The molecule has 12 heteroatoms. The standard InChI is InChI=1S/C20H25N3O7S2/c1-29-10-9-23-15-6-5-14(19(26)30-2)11-16(15)31-20(23)21-17(24)12-32(27,28)13-18(25)22-7-3-4-8-22/h5-6,11H,3-4,7-10,12-13H2,1-2H3. The number of carbonyl (C=O) groups is 3. The molecule has 1 aliphatic rings. The van der Waals surface area contributed by atoms with Gasteiger partial charge in [-0.3, -0.25) is 9.59 Å². The third-order valence-electron chi connectivity index (χ3n) is 4.99. The van der Waals surface area contributed by atoms with Crippen LogP contribution in [0.3, 0.4) is 0 Å². The van der Waals surface area contributed by atoms with Crippen LogP contribution in [0, 0.1) is 0 Å². The molecule has 0 aliphatic carbocycles. The maximum atomic E-state index is 12.5. The van der Waals surface area contributed by atoms with Crippen LogP contribution in [0.15, 0.2) is 23.2 Å². The number of esters is 1. The zero-order valence-electron chi connectivity index (χ0n) is 17.9. The van der Waals surface area contributed by atoms with Crippen LogP contribution in [0.1, 0.15) is 23.2 Å². The molecular formula is C20H25N3O7S2. The number of nitrogens with zero attached hydrogens (tertiary/aromatic N) is 3. The second-order valence-electron chi connectivity index (χ2n) is 7.33. The van der Waals surface area contributed by atoms with Gasteiger partial charge in [-0.1, -0.05) is 11.3 Å². The Morgan fingerprint density at radius 1 is 1.12 bits per heavy atom. The van der Waals surface area contributed by atoms with Crippen LogP contribution >= 0.6 is 11.3 Å². The van der Waals surface area contributed by atoms with Crippen LogP contribution in [0.2, 0.25) is 0 Å². The number of hydrogen-bond donors (Lipinski definition) is 0. The topological polar surface area (TPSA) is 124 Å². The number of carbonyl (C=O) groups excluding carboxylic acids is 3. The fourth-order valence-corrected chi connectivity index (χ4v) is 5.64. The molecular weight excluding hydrogens is 458 g/mol. The molecule has 0 atom stereocenters. The van der Waals surface area contributed by atoms with Gasteiger partial charge in [0.05, 0.1) is 29.5 Å². The molecule has 1 aromatic heterocycles. The molecule has 1 fully saturated rings. The number of amides is 2. The molecule has 1 saturated heterocycles. The first-order valence-electron chi connectivity index (χ1n) is 10.0. The molecule has 3 rings (SSSR count). The molecule has 0 N–H and O–H groups in total. The van der Waals surface area contributed by atoms with Crippen molar-refractivity contribution in [1.29, 1.82) is 0 Å². The summed E-state index contributed by atoms with van der Waals surface area (Å²) in [4.78, 5) is 42.2. The van der Waals surface area contributed by atoms with E-state index in [4.69, 9.17) is 9.47 Å². The second-order valence-corrected chi connectivity index (χ2v) is 10.4. The summed E-state index contributed by atoms with van der Waals surface area (Å²) in [7, 11) is -1.12. The summed E-state index contributed by atoms with van der Waals surface area (Å²) in [6.07, 6.45) is 1.70. The minimum atomic E-state index is -3.94. The lowest BCUT2D eigenvalue weighted by Gasteiger charge is -2.14. The minimum Gasteiger partial charge on any atom is -0.465 e. The van der Waals surface area contributed by atoms with Gasteiger partial charge in [-0.2, -0.15) is 4.99 Å². The van der Waals surface area contributed by atoms with Crippen LogP contribution in [0.5, 0.6) is 0 Å². The van der Waals surface area contributed by atoms with E-state index in [1.54, 1.807) is 22.8 Å². The third kappa shape index (κ3) is 5.81. The van der Waals surface area contributed by atoms with Gasteiger partial charge in [0.2, 0.25) is 5.91 Å². The molecule has 0 radical (unpaired) electrons. The average Bonchev–Trinajstić information content (AvgIpc) is 3.38. The van der Waals surface area contributed by atoms with E-state index in [1.165, 1.54) is 19.1 Å². The molecule has 1 aromatic carbocycles. The number of thiazole rings is 1. The fourth-order valence-electron chi connectivity index (χ4n) is 3.43. The number of sulfone groups is 1. The maximum absolute atomic E-state index is 12.5. The van der Waals surface area contributed by atoms with Crippen molar-refractivity contribution in [3.8, 4) is 0 Å². The van der Waals surface area contributed by atoms with Crippen molar-refractivity contribution >= 4 is 49.2 Å². The monoisotopic (exact) mass is 483 g/mol. The van der Waals surface area contributed by atoms with Crippen molar-refractivity contribution in [2.24, 2.45) is 4.99 Å². The second kappa shape index (κ2) is 10.4. The molecule has 10 nitrogen and oxygen atoms in total. The SMILES string of the molecule is COCCn1c(=NC(=O)CS(=O)(=O)CC(=O)N2CCCC2)sc2cc(C(=O)OC)ccc21. The van der Waals surface area contributed by atoms with Crippen LogP contribution in [0.4, 0.5) is 0 Å². The highest BCUT2D eigenvalue weighted by Crippen LogP contribution is 2.20. The van der Waals surface area contributed by atoms with Crippen molar-refractivity contribution in [2.45, 2.75) is 19.4 Å². The molecule has 0 unspecified atom stereocenters. The number of hydrogen-bond acceptors (Lipinski definition) is 8. The molecule has 0 saturated carbocycles. The van der Waals surface area contributed by atoms with Gasteiger partial charge >= 0.3 is 5.97 Å². The van der Waals surface area contributed by atoms with Crippen molar-refractivity contribution in [3.63, 3.8) is 0 Å². The smallest absolute Gasteiger partial charge is 0.337 e. The number of ether oxygens (including phenoxy) is 2. The maximum Gasteiger partial charge on any atom is 0.337 e. The van der Waals surface area contributed by atoms with E-state index in [0.29, 0.717) is 36.5 Å². The lowest BCUT2D eigenvalue weighted by atomic mass is 10.2. The first-order valence-corrected chi connectivity index (χ1v) is 12.6. The van der Waals surface area contributed by atoms with Gasteiger partial charge in [-0.05, 0) is 31.0 Å². The van der Waals surface area contributed by atoms with E-state index in [-0.39, 0.29) is 4.80 Å². The number of rotatable bonds is 8. The highest BCUT2D eigenvalue weighted by molar-refractivity contribution is 7.92. The summed E-state index contributed by atoms with van der Waals surface area (Å²) in [5.41, 5.74) is 1.07. The van der Waals surface area contributed by atoms with E-state index in [1.807, 2.05) is 0 Å². The third-order valence-corrected chi connectivity index (χ3v) is 7.40. The summed E-state index contributed by atoms with van der Waals surface area (Å²) in [5, 5.41) is 0. The first-order chi connectivity index (χ1) is 15.2. The van der Waals surface area contributed by atoms with Gasteiger partial charge in [-0.25, -0.2) is 13.2 Å². The minimum absolute atomic E-state index is 0.283. The fraction of sp³-hybridized carbons (Fsp3) is 0.500. The Bertz CT molecular complexity index is 1190. The summed E-state index contributed by atoms with van der Waals surface area (Å²) < 4.78 is 37.0. The molecule has 2 amide bonds. The zero-order chi connectivity index (χ0) is 23.3. The molecule has 2 heterocycles. The highest BCUT2D eigenvalue weighted by atomic mass is 32.2. The number of benzene rings is 1. The van der Waals surface area contributed by atoms with Crippen LogP contribution < -0.4 is 4.80 Å². The van der Waals surface area contributed by atoms with Crippen LogP contribution in [-0.2, 0) is 35.4 Å². The Kier molecular flexibility index (Phi) is 7.80. The molecule has 1 aliphatic heterocycles. The predicted molar refractivity (Wildman–Crippen MR) is 118 cm³/mol.